The molecule has 110 valence electrons. The molecule has 2 rings (SSSR count). The van der Waals surface area contributed by atoms with Crippen LogP contribution in [-0.2, 0) is 0 Å². The van der Waals surface area contributed by atoms with Gasteiger partial charge in [-0.25, -0.2) is 4.98 Å². The van der Waals surface area contributed by atoms with Gasteiger partial charge in [-0.3, -0.25) is 4.79 Å². The standard InChI is InChI=1S/C16H19N3O2/c1-17-15-14(9-5-10-18-15)16(20)19-11-6-12-21-13-7-3-2-4-8-13/h2-5,7-10H,6,11-12H2,1H3,(H,17,18)(H,19,20). The summed E-state index contributed by atoms with van der Waals surface area (Å²) in [5.41, 5.74) is 0.545. The molecule has 0 bridgehead atoms. The Morgan fingerprint density at radius 3 is 2.76 bits per heavy atom. The number of nitrogens with zero attached hydrogens (tertiary/aromatic N) is 1. The molecule has 0 radical (unpaired) electrons. The summed E-state index contributed by atoms with van der Waals surface area (Å²) < 4.78 is 5.56. The fourth-order valence-electron chi connectivity index (χ4n) is 1.86. The van der Waals surface area contributed by atoms with Gasteiger partial charge in [0.05, 0.1) is 12.2 Å². The van der Waals surface area contributed by atoms with Crippen LogP contribution in [0.5, 0.6) is 5.75 Å². The molecule has 2 N–H and O–H groups in total. The van der Waals surface area contributed by atoms with E-state index in [2.05, 4.69) is 15.6 Å². The normalized spacial score (nSPS) is 9.95. The fourth-order valence-corrected chi connectivity index (χ4v) is 1.86. The van der Waals surface area contributed by atoms with Gasteiger partial charge in [-0.05, 0) is 30.7 Å². The van der Waals surface area contributed by atoms with Gasteiger partial charge in [0.15, 0.2) is 0 Å². The number of carbonyl (C=O) groups is 1. The number of ether oxygens (including phenoxy) is 1. The number of benzene rings is 1. The van der Waals surface area contributed by atoms with Gasteiger partial charge in [0.25, 0.3) is 5.91 Å². The van der Waals surface area contributed by atoms with E-state index < -0.39 is 0 Å². The molecule has 0 atom stereocenters. The molecule has 0 aliphatic heterocycles. The third-order valence-corrected chi connectivity index (χ3v) is 2.91. The van der Waals surface area contributed by atoms with E-state index in [9.17, 15) is 4.79 Å². The van der Waals surface area contributed by atoms with E-state index >= 15 is 0 Å². The first kappa shape index (κ1) is 14.8. The lowest BCUT2D eigenvalue weighted by atomic mass is 10.2. The van der Waals surface area contributed by atoms with Gasteiger partial charge in [0.1, 0.15) is 11.6 Å². The van der Waals surface area contributed by atoms with Gasteiger partial charge >= 0.3 is 0 Å². The summed E-state index contributed by atoms with van der Waals surface area (Å²) in [5, 5.41) is 5.76. The van der Waals surface area contributed by atoms with Crippen molar-refractivity contribution in [1.82, 2.24) is 10.3 Å². The highest BCUT2D eigenvalue weighted by atomic mass is 16.5. The molecule has 0 aliphatic rings. The van der Waals surface area contributed by atoms with Crippen molar-refractivity contribution in [3.63, 3.8) is 0 Å². The van der Waals surface area contributed by atoms with Crippen LogP contribution in [0.1, 0.15) is 16.8 Å². The number of pyridine rings is 1. The first-order valence-corrected chi connectivity index (χ1v) is 6.90. The Bertz CT molecular complexity index is 573. The molecule has 21 heavy (non-hydrogen) atoms. The highest BCUT2D eigenvalue weighted by Gasteiger charge is 2.10. The molecule has 0 saturated heterocycles. The first-order chi connectivity index (χ1) is 10.3. The minimum absolute atomic E-state index is 0.132. The maximum Gasteiger partial charge on any atom is 0.255 e. The molecule has 1 aromatic carbocycles. The van der Waals surface area contributed by atoms with Gasteiger partial charge < -0.3 is 15.4 Å². The predicted octanol–water partition coefficient (Wildman–Crippen LogP) is 2.32. The van der Waals surface area contributed by atoms with Crippen LogP contribution in [0.2, 0.25) is 0 Å². The zero-order chi connectivity index (χ0) is 14.9. The number of amides is 1. The Morgan fingerprint density at radius 2 is 2.00 bits per heavy atom. The Kier molecular flexibility index (Phi) is 5.58. The number of hydrogen-bond acceptors (Lipinski definition) is 4. The van der Waals surface area contributed by atoms with Crippen LogP contribution in [0.4, 0.5) is 5.82 Å². The van der Waals surface area contributed by atoms with Crippen molar-refractivity contribution in [1.29, 1.82) is 0 Å². The lowest BCUT2D eigenvalue weighted by Gasteiger charge is -2.09. The van der Waals surface area contributed by atoms with Crippen molar-refractivity contribution in [3.8, 4) is 5.75 Å². The summed E-state index contributed by atoms with van der Waals surface area (Å²) in [5.74, 6) is 1.29. The van der Waals surface area contributed by atoms with E-state index in [-0.39, 0.29) is 5.91 Å². The summed E-state index contributed by atoms with van der Waals surface area (Å²) in [6.07, 6.45) is 2.39. The van der Waals surface area contributed by atoms with Crippen LogP contribution >= 0.6 is 0 Å². The minimum Gasteiger partial charge on any atom is -0.494 e. The average Bonchev–Trinajstić information content (AvgIpc) is 2.55. The highest BCUT2D eigenvalue weighted by molar-refractivity contribution is 5.98. The predicted molar refractivity (Wildman–Crippen MR) is 82.7 cm³/mol. The number of carbonyl (C=O) groups excluding carboxylic acids is 1. The molecule has 2 aromatic rings. The van der Waals surface area contributed by atoms with Crippen molar-refractivity contribution in [2.75, 3.05) is 25.5 Å². The molecule has 5 heteroatoms. The van der Waals surface area contributed by atoms with Gasteiger partial charge in [-0.1, -0.05) is 18.2 Å². The molecule has 0 spiro atoms. The second-order valence-corrected chi connectivity index (χ2v) is 4.42. The molecule has 0 aliphatic carbocycles. The Labute approximate surface area is 124 Å². The van der Waals surface area contributed by atoms with E-state index in [1.54, 1.807) is 25.4 Å². The van der Waals surface area contributed by atoms with Crippen molar-refractivity contribution in [3.05, 3.63) is 54.2 Å². The fraction of sp³-hybridized carbons (Fsp3) is 0.250. The quantitative estimate of drug-likeness (QED) is 0.766. The number of anilines is 1. The summed E-state index contributed by atoms with van der Waals surface area (Å²) in [6, 6.07) is 13.1. The number of nitrogens with one attached hydrogen (secondary N) is 2. The van der Waals surface area contributed by atoms with Gasteiger partial charge in [0.2, 0.25) is 0 Å². The number of hydrogen-bond donors (Lipinski definition) is 2. The van der Waals surface area contributed by atoms with Crippen molar-refractivity contribution >= 4 is 11.7 Å². The molecule has 1 heterocycles. The zero-order valence-electron chi connectivity index (χ0n) is 12.0. The molecule has 1 aromatic heterocycles. The lowest BCUT2D eigenvalue weighted by Crippen LogP contribution is -2.26. The smallest absolute Gasteiger partial charge is 0.255 e. The molecule has 0 unspecified atom stereocenters. The van der Waals surface area contributed by atoms with E-state index in [4.69, 9.17) is 4.74 Å². The summed E-state index contributed by atoms with van der Waals surface area (Å²) in [6.45, 7) is 1.12. The minimum atomic E-state index is -0.132. The molecule has 0 saturated carbocycles. The van der Waals surface area contributed by atoms with E-state index in [0.29, 0.717) is 24.5 Å². The maximum atomic E-state index is 12.0. The third-order valence-electron chi connectivity index (χ3n) is 2.91. The summed E-state index contributed by atoms with van der Waals surface area (Å²) in [7, 11) is 1.74. The summed E-state index contributed by atoms with van der Waals surface area (Å²) >= 11 is 0. The van der Waals surface area contributed by atoms with Gasteiger partial charge in [-0.2, -0.15) is 0 Å². The Hall–Kier alpha value is -2.56. The third kappa shape index (κ3) is 4.49. The monoisotopic (exact) mass is 285 g/mol. The largest absolute Gasteiger partial charge is 0.494 e. The Morgan fingerprint density at radius 1 is 1.19 bits per heavy atom. The second-order valence-electron chi connectivity index (χ2n) is 4.42. The SMILES string of the molecule is CNc1ncccc1C(=O)NCCCOc1ccccc1. The highest BCUT2D eigenvalue weighted by Crippen LogP contribution is 2.10. The van der Waals surface area contributed by atoms with Gasteiger partial charge in [-0.15, -0.1) is 0 Å². The van der Waals surface area contributed by atoms with Crippen molar-refractivity contribution in [2.24, 2.45) is 0 Å². The Balaban J connectivity index is 1.72. The van der Waals surface area contributed by atoms with Crippen molar-refractivity contribution in [2.45, 2.75) is 6.42 Å². The first-order valence-electron chi connectivity index (χ1n) is 6.90. The average molecular weight is 285 g/mol. The van der Waals surface area contributed by atoms with Crippen LogP contribution in [0.25, 0.3) is 0 Å². The number of para-hydroxylation sites is 1. The van der Waals surface area contributed by atoms with Crippen LogP contribution in [0.3, 0.4) is 0 Å². The van der Waals surface area contributed by atoms with Crippen LogP contribution in [0.15, 0.2) is 48.7 Å². The zero-order valence-corrected chi connectivity index (χ0v) is 12.0. The summed E-state index contributed by atoms with van der Waals surface area (Å²) in [4.78, 5) is 16.1. The molecular formula is C16H19N3O2. The van der Waals surface area contributed by atoms with Crippen molar-refractivity contribution < 1.29 is 9.53 Å². The maximum absolute atomic E-state index is 12.0. The molecular weight excluding hydrogens is 266 g/mol. The molecule has 1 amide bonds. The van der Waals surface area contributed by atoms with Gasteiger partial charge in [0, 0.05) is 19.8 Å². The number of rotatable bonds is 7. The van der Waals surface area contributed by atoms with Crippen LogP contribution in [-0.4, -0.2) is 31.1 Å². The second kappa shape index (κ2) is 7.89. The van der Waals surface area contributed by atoms with E-state index in [0.717, 1.165) is 12.2 Å². The van der Waals surface area contributed by atoms with E-state index in [1.807, 2.05) is 30.3 Å². The van der Waals surface area contributed by atoms with Crippen LogP contribution < -0.4 is 15.4 Å². The lowest BCUT2D eigenvalue weighted by molar-refractivity contribution is 0.0952. The number of aromatic nitrogens is 1. The van der Waals surface area contributed by atoms with Crippen LogP contribution in [0, 0.1) is 0 Å². The van der Waals surface area contributed by atoms with E-state index in [1.165, 1.54) is 0 Å². The topological polar surface area (TPSA) is 63.2 Å². The molecule has 0 fully saturated rings. The molecule has 5 nitrogen and oxygen atoms in total.